The Morgan fingerprint density at radius 2 is 2.10 bits per heavy atom. The van der Waals surface area contributed by atoms with E-state index in [1.165, 1.54) is 13.2 Å². The van der Waals surface area contributed by atoms with Gasteiger partial charge in [0, 0.05) is 18.1 Å². The number of aromatic carboxylic acids is 1. The number of sulfonamides is 1. The Kier molecular flexibility index (Phi) is 6.29. The van der Waals surface area contributed by atoms with E-state index in [1.54, 1.807) is 6.92 Å². The van der Waals surface area contributed by atoms with Gasteiger partial charge in [-0.05, 0) is 24.6 Å². The number of halogens is 1. The van der Waals surface area contributed by atoms with Crippen LogP contribution < -0.4 is 4.72 Å². The lowest BCUT2D eigenvalue weighted by molar-refractivity contribution is 0.0678. The number of aliphatic hydroxyl groups excluding tert-OH is 1. The van der Waals surface area contributed by atoms with Gasteiger partial charge in [-0.15, -0.1) is 0 Å². The Bertz CT molecular complexity index is 631. The van der Waals surface area contributed by atoms with Gasteiger partial charge in [0.2, 0.25) is 10.0 Å². The topological polar surface area (TPSA) is 113 Å². The average Bonchev–Trinajstić information content (AvgIpc) is 2.39. The molecule has 0 aliphatic heterocycles. The van der Waals surface area contributed by atoms with E-state index in [4.69, 9.17) is 5.11 Å². The van der Waals surface area contributed by atoms with E-state index >= 15 is 0 Å². The average molecular weight is 382 g/mol. The Labute approximate surface area is 131 Å². The van der Waals surface area contributed by atoms with Crippen LogP contribution in [-0.2, 0) is 14.8 Å². The molecular formula is C12H16BrNO6S. The third-order valence-electron chi connectivity index (χ3n) is 2.73. The molecule has 21 heavy (non-hydrogen) atoms. The summed E-state index contributed by atoms with van der Waals surface area (Å²) < 4.78 is 31.5. The third kappa shape index (κ3) is 4.75. The van der Waals surface area contributed by atoms with Crippen molar-refractivity contribution in [2.24, 2.45) is 0 Å². The smallest absolute Gasteiger partial charge is 0.336 e. The van der Waals surface area contributed by atoms with Crippen LogP contribution in [0.5, 0.6) is 0 Å². The predicted molar refractivity (Wildman–Crippen MR) is 78.9 cm³/mol. The fourth-order valence-electron chi connectivity index (χ4n) is 1.57. The summed E-state index contributed by atoms with van der Waals surface area (Å²) in [5.41, 5.74) is 0.322. The van der Waals surface area contributed by atoms with Gasteiger partial charge in [0.25, 0.3) is 0 Å². The number of hydrogen-bond acceptors (Lipinski definition) is 5. The van der Waals surface area contributed by atoms with Crippen LogP contribution in [0, 0.1) is 6.92 Å². The van der Waals surface area contributed by atoms with Gasteiger partial charge in [-0.1, -0.05) is 15.9 Å². The Morgan fingerprint density at radius 1 is 1.48 bits per heavy atom. The van der Waals surface area contributed by atoms with Gasteiger partial charge >= 0.3 is 5.97 Å². The molecule has 0 radical (unpaired) electrons. The zero-order valence-electron chi connectivity index (χ0n) is 11.5. The Balaban J connectivity index is 3.06. The highest BCUT2D eigenvalue weighted by Crippen LogP contribution is 2.24. The maximum Gasteiger partial charge on any atom is 0.336 e. The third-order valence-corrected chi connectivity index (χ3v) is 4.95. The van der Waals surface area contributed by atoms with E-state index in [1.807, 2.05) is 0 Å². The predicted octanol–water partition coefficient (Wildman–Crippen LogP) is 0.741. The minimum Gasteiger partial charge on any atom is -0.478 e. The molecule has 0 amide bonds. The molecule has 1 atom stereocenters. The van der Waals surface area contributed by atoms with Gasteiger partial charge in [-0.3, -0.25) is 0 Å². The summed E-state index contributed by atoms with van der Waals surface area (Å²) in [5, 5.41) is 18.5. The Morgan fingerprint density at radius 3 is 2.62 bits per heavy atom. The summed E-state index contributed by atoms with van der Waals surface area (Å²) in [6.45, 7) is 1.32. The standard InChI is InChI=1S/C12H16BrNO6S/c1-7-10(12(16)17)3-9(4-11(7)13)21(18,19)14-5-8(15)6-20-2/h3-4,8,14-15H,5-6H2,1-2H3,(H,16,17). The van der Waals surface area contributed by atoms with Gasteiger partial charge in [0.1, 0.15) is 0 Å². The van der Waals surface area contributed by atoms with Crippen molar-refractivity contribution in [3.8, 4) is 0 Å². The number of aliphatic hydroxyl groups is 1. The summed E-state index contributed by atoms with van der Waals surface area (Å²) in [6, 6.07) is 2.39. The van der Waals surface area contributed by atoms with Crippen LogP contribution in [0.2, 0.25) is 0 Å². The quantitative estimate of drug-likeness (QED) is 0.641. The van der Waals surface area contributed by atoms with Crippen molar-refractivity contribution in [3.63, 3.8) is 0 Å². The van der Waals surface area contributed by atoms with Crippen molar-refractivity contribution >= 4 is 31.9 Å². The number of carboxylic acid groups (broad SMARTS) is 1. The molecule has 0 saturated carbocycles. The van der Waals surface area contributed by atoms with Gasteiger partial charge < -0.3 is 14.9 Å². The number of carbonyl (C=O) groups is 1. The summed E-state index contributed by atoms with van der Waals surface area (Å²) in [7, 11) is -2.54. The molecule has 0 fully saturated rings. The van der Waals surface area contributed by atoms with Gasteiger partial charge in [-0.25, -0.2) is 17.9 Å². The number of carboxylic acids is 1. The number of methoxy groups -OCH3 is 1. The molecule has 1 aromatic rings. The molecule has 1 aromatic carbocycles. The largest absolute Gasteiger partial charge is 0.478 e. The molecule has 1 rings (SSSR count). The molecule has 9 heteroatoms. The molecule has 0 heterocycles. The molecule has 7 nitrogen and oxygen atoms in total. The number of rotatable bonds is 7. The Hall–Kier alpha value is -1.00. The van der Waals surface area contributed by atoms with Crippen molar-refractivity contribution < 1.29 is 28.2 Å². The number of hydrogen-bond donors (Lipinski definition) is 3. The summed E-state index contributed by atoms with van der Waals surface area (Å²) in [4.78, 5) is 10.9. The fraction of sp³-hybridized carbons (Fsp3) is 0.417. The van der Waals surface area contributed by atoms with Crippen LogP contribution >= 0.6 is 15.9 Å². The highest BCUT2D eigenvalue weighted by Gasteiger charge is 2.20. The molecule has 0 bridgehead atoms. The van der Waals surface area contributed by atoms with Crippen molar-refractivity contribution in [1.29, 1.82) is 0 Å². The fourth-order valence-corrected chi connectivity index (χ4v) is 3.31. The van der Waals surface area contributed by atoms with E-state index in [-0.39, 0.29) is 23.6 Å². The van der Waals surface area contributed by atoms with E-state index in [0.717, 1.165) is 6.07 Å². The van der Waals surface area contributed by atoms with Gasteiger partial charge in [-0.2, -0.15) is 0 Å². The maximum absolute atomic E-state index is 12.1. The zero-order valence-corrected chi connectivity index (χ0v) is 13.9. The number of nitrogens with one attached hydrogen (secondary N) is 1. The first kappa shape index (κ1) is 18.1. The maximum atomic E-state index is 12.1. The molecule has 0 aliphatic carbocycles. The zero-order chi connectivity index (χ0) is 16.2. The lowest BCUT2D eigenvalue weighted by Crippen LogP contribution is -2.34. The van der Waals surface area contributed by atoms with Crippen molar-refractivity contribution in [3.05, 3.63) is 27.7 Å². The molecule has 3 N–H and O–H groups in total. The first-order valence-electron chi connectivity index (χ1n) is 5.89. The van der Waals surface area contributed by atoms with Crippen LogP contribution in [0.3, 0.4) is 0 Å². The second-order valence-electron chi connectivity index (χ2n) is 4.34. The van der Waals surface area contributed by atoms with E-state index in [9.17, 15) is 18.3 Å². The van der Waals surface area contributed by atoms with Crippen LogP contribution in [0.4, 0.5) is 0 Å². The number of ether oxygens (including phenoxy) is 1. The molecule has 0 spiro atoms. The summed E-state index contributed by atoms with van der Waals surface area (Å²) >= 11 is 3.14. The van der Waals surface area contributed by atoms with Crippen LogP contribution in [0.25, 0.3) is 0 Å². The van der Waals surface area contributed by atoms with E-state index in [2.05, 4.69) is 25.4 Å². The monoisotopic (exact) mass is 381 g/mol. The lowest BCUT2D eigenvalue weighted by Gasteiger charge is -2.13. The summed E-state index contributed by atoms with van der Waals surface area (Å²) in [6.07, 6.45) is -0.988. The first-order chi connectivity index (χ1) is 9.69. The minimum atomic E-state index is -3.93. The first-order valence-corrected chi connectivity index (χ1v) is 8.16. The molecule has 118 valence electrons. The minimum absolute atomic E-state index is 0.0134. The van der Waals surface area contributed by atoms with E-state index < -0.39 is 22.1 Å². The number of benzene rings is 1. The molecule has 0 aromatic heterocycles. The van der Waals surface area contributed by atoms with Crippen molar-refractivity contribution in [2.45, 2.75) is 17.9 Å². The van der Waals surface area contributed by atoms with Gasteiger partial charge in [0.15, 0.2) is 0 Å². The van der Waals surface area contributed by atoms with Crippen molar-refractivity contribution in [1.82, 2.24) is 4.72 Å². The lowest BCUT2D eigenvalue weighted by atomic mass is 10.1. The second kappa shape index (κ2) is 7.32. The molecule has 1 unspecified atom stereocenters. The molecular weight excluding hydrogens is 366 g/mol. The normalized spacial score (nSPS) is 13.1. The summed E-state index contributed by atoms with van der Waals surface area (Å²) in [5.74, 6) is -1.22. The molecule has 0 aliphatic rings. The van der Waals surface area contributed by atoms with Crippen molar-refractivity contribution in [2.75, 3.05) is 20.3 Å². The van der Waals surface area contributed by atoms with Crippen LogP contribution in [0.1, 0.15) is 15.9 Å². The highest BCUT2D eigenvalue weighted by atomic mass is 79.9. The van der Waals surface area contributed by atoms with Crippen LogP contribution in [-0.4, -0.2) is 51.0 Å². The van der Waals surface area contributed by atoms with Crippen LogP contribution in [0.15, 0.2) is 21.5 Å². The van der Waals surface area contributed by atoms with E-state index in [0.29, 0.717) is 10.0 Å². The highest BCUT2D eigenvalue weighted by molar-refractivity contribution is 9.10. The van der Waals surface area contributed by atoms with Gasteiger partial charge in [0.05, 0.1) is 23.2 Å². The molecule has 0 saturated heterocycles. The SMILES string of the molecule is COCC(O)CNS(=O)(=O)c1cc(Br)c(C)c(C(=O)O)c1. The second-order valence-corrected chi connectivity index (χ2v) is 6.97.